The number of benzene rings is 1. The van der Waals surface area contributed by atoms with Gasteiger partial charge in [0.2, 0.25) is 11.8 Å². The Morgan fingerprint density at radius 3 is 2.50 bits per heavy atom. The van der Waals surface area contributed by atoms with Crippen LogP contribution in [-0.2, 0) is 5.41 Å². The van der Waals surface area contributed by atoms with E-state index in [0.29, 0.717) is 5.88 Å². The van der Waals surface area contributed by atoms with Gasteiger partial charge in [0, 0.05) is 17.8 Å². The molecule has 4 nitrogen and oxygen atoms in total. The topological polar surface area (TPSA) is 61.0 Å². The Bertz CT molecular complexity index is 547. The Morgan fingerprint density at radius 2 is 1.83 bits per heavy atom. The Labute approximate surface area is 107 Å². The first-order valence-corrected chi connectivity index (χ1v) is 5.83. The summed E-state index contributed by atoms with van der Waals surface area (Å²) in [4.78, 5) is 7.88. The van der Waals surface area contributed by atoms with Gasteiger partial charge in [-0.05, 0) is 11.5 Å². The van der Waals surface area contributed by atoms with Crippen LogP contribution in [0.3, 0.4) is 0 Å². The Balaban J connectivity index is 2.35. The Morgan fingerprint density at radius 1 is 1.11 bits per heavy atom. The summed E-state index contributed by atoms with van der Waals surface area (Å²) in [5.74, 6) is 1.46. The summed E-state index contributed by atoms with van der Waals surface area (Å²) >= 11 is 0. The Hall–Kier alpha value is -2.10. The molecule has 0 saturated heterocycles. The van der Waals surface area contributed by atoms with Crippen molar-refractivity contribution in [3.05, 3.63) is 42.1 Å². The van der Waals surface area contributed by atoms with E-state index < -0.39 is 0 Å². The molecule has 0 spiro atoms. The van der Waals surface area contributed by atoms with Crippen LogP contribution in [0.5, 0.6) is 11.6 Å². The van der Waals surface area contributed by atoms with Gasteiger partial charge in [0.25, 0.3) is 0 Å². The molecule has 0 saturated carbocycles. The van der Waals surface area contributed by atoms with Crippen molar-refractivity contribution in [2.45, 2.75) is 26.2 Å². The van der Waals surface area contributed by atoms with Crippen LogP contribution in [0.1, 0.15) is 26.3 Å². The highest BCUT2D eigenvalue weighted by atomic mass is 16.5. The van der Waals surface area contributed by atoms with Gasteiger partial charge in [-0.25, -0.2) is 4.98 Å². The first-order valence-electron chi connectivity index (χ1n) is 5.83. The van der Waals surface area contributed by atoms with E-state index >= 15 is 0 Å². The third-order valence-electron chi connectivity index (χ3n) is 2.56. The lowest BCUT2D eigenvalue weighted by atomic mass is 9.86. The van der Waals surface area contributed by atoms with E-state index in [9.17, 15) is 0 Å². The predicted octanol–water partition coefficient (Wildman–Crippen LogP) is 3.15. The molecule has 1 aromatic heterocycles. The SMILES string of the molecule is CC(C)(C)c1ccccc1Oc1ccnc(N)n1. The van der Waals surface area contributed by atoms with Gasteiger partial charge in [0.1, 0.15) is 5.75 Å². The van der Waals surface area contributed by atoms with E-state index in [1.54, 1.807) is 12.3 Å². The van der Waals surface area contributed by atoms with Gasteiger partial charge in [0.05, 0.1) is 0 Å². The molecule has 1 heterocycles. The number of rotatable bonds is 2. The fraction of sp³-hybridized carbons (Fsp3) is 0.286. The quantitative estimate of drug-likeness (QED) is 0.880. The lowest BCUT2D eigenvalue weighted by Gasteiger charge is -2.22. The van der Waals surface area contributed by atoms with Gasteiger partial charge in [-0.15, -0.1) is 0 Å². The van der Waals surface area contributed by atoms with E-state index in [1.165, 1.54) is 0 Å². The average molecular weight is 243 g/mol. The maximum absolute atomic E-state index is 5.79. The second-order valence-corrected chi connectivity index (χ2v) is 5.10. The number of hydrogen-bond donors (Lipinski definition) is 1. The van der Waals surface area contributed by atoms with Crippen molar-refractivity contribution in [1.82, 2.24) is 9.97 Å². The highest BCUT2D eigenvalue weighted by Crippen LogP contribution is 2.33. The molecular weight excluding hydrogens is 226 g/mol. The van der Waals surface area contributed by atoms with Crippen LogP contribution in [0.25, 0.3) is 0 Å². The van der Waals surface area contributed by atoms with Crippen LogP contribution in [0.15, 0.2) is 36.5 Å². The first kappa shape index (κ1) is 12.4. The van der Waals surface area contributed by atoms with Crippen molar-refractivity contribution in [1.29, 1.82) is 0 Å². The number of nitrogens with zero attached hydrogens (tertiary/aromatic N) is 2. The lowest BCUT2D eigenvalue weighted by Crippen LogP contribution is -2.12. The molecular formula is C14H17N3O. The van der Waals surface area contributed by atoms with Crippen LogP contribution in [0.2, 0.25) is 0 Å². The average Bonchev–Trinajstić information content (AvgIpc) is 2.28. The molecule has 0 amide bonds. The third-order valence-corrected chi connectivity index (χ3v) is 2.56. The number of anilines is 1. The molecule has 0 unspecified atom stereocenters. The van der Waals surface area contributed by atoms with Crippen LogP contribution in [-0.4, -0.2) is 9.97 Å². The number of nitrogens with two attached hydrogens (primary N) is 1. The second kappa shape index (κ2) is 4.64. The van der Waals surface area contributed by atoms with Gasteiger partial charge in [-0.1, -0.05) is 39.0 Å². The monoisotopic (exact) mass is 243 g/mol. The number of aromatic nitrogens is 2. The van der Waals surface area contributed by atoms with E-state index in [4.69, 9.17) is 10.5 Å². The Kier molecular flexibility index (Phi) is 3.19. The van der Waals surface area contributed by atoms with Crippen molar-refractivity contribution in [3.8, 4) is 11.6 Å². The van der Waals surface area contributed by atoms with E-state index in [2.05, 4.69) is 36.8 Å². The zero-order valence-electron chi connectivity index (χ0n) is 10.8. The number of ether oxygens (including phenoxy) is 1. The van der Waals surface area contributed by atoms with Crippen molar-refractivity contribution in [3.63, 3.8) is 0 Å². The molecule has 0 aliphatic carbocycles. The fourth-order valence-electron chi connectivity index (χ4n) is 1.70. The van der Waals surface area contributed by atoms with Gasteiger partial charge >= 0.3 is 0 Å². The van der Waals surface area contributed by atoms with Crippen molar-refractivity contribution < 1.29 is 4.74 Å². The van der Waals surface area contributed by atoms with Crippen molar-refractivity contribution in [2.24, 2.45) is 0 Å². The van der Waals surface area contributed by atoms with Crippen LogP contribution >= 0.6 is 0 Å². The van der Waals surface area contributed by atoms with E-state index in [0.717, 1.165) is 11.3 Å². The number of hydrogen-bond acceptors (Lipinski definition) is 4. The van der Waals surface area contributed by atoms with Crippen molar-refractivity contribution >= 4 is 5.95 Å². The third kappa shape index (κ3) is 2.77. The van der Waals surface area contributed by atoms with Crippen LogP contribution in [0.4, 0.5) is 5.95 Å². The first-order chi connectivity index (χ1) is 8.47. The summed E-state index contributed by atoms with van der Waals surface area (Å²) < 4.78 is 5.79. The van der Waals surface area contributed by atoms with Crippen LogP contribution < -0.4 is 10.5 Å². The van der Waals surface area contributed by atoms with Gasteiger partial charge in [0.15, 0.2) is 0 Å². The van der Waals surface area contributed by atoms with E-state index in [-0.39, 0.29) is 11.4 Å². The molecule has 0 fully saturated rings. The zero-order chi connectivity index (χ0) is 13.2. The molecule has 0 aliphatic heterocycles. The molecule has 94 valence electrons. The largest absolute Gasteiger partial charge is 0.439 e. The van der Waals surface area contributed by atoms with Crippen LogP contribution in [0, 0.1) is 0 Å². The maximum atomic E-state index is 5.79. The molecule has 2 aromatic rings. The molecule has 0 aliphatic rings. The number of para-hydroxylation sites is 1. The summed E-state index contributed by atoms with van der Waals surface area (Å²) in [5.41, 5.74) is 6.67. The highest BCUT2D eigenvalue weighted by Gasteiger charge is 2.18. The molecule has 1 aromatic carbocycles. The molecule has 18 heavy (non-hydrogen) atoms. The molecule has 0 bridgehead atoms. The predicted molar refractivity (Wildman–Crippen MR) is 71.7 cm³/mol. The lowest BCUT2D eigenvalue weighted by molar-refractivity contribution is 0.439. The maximum Gasteiger partial charge on any atom is 0.224 e. The minimum absolute atomic E-state index is 0.00910. The second-order valence-electron chi connectivity index (χ2n) is 5.10. The van der Waals surface area contributed by atoms with E-state index in [1.807, 2.05) is 18.2 Å². The molecule has 0 atom stereocenters. The summed E-state index contributed by atoms with van der Waals surface area (Å²) in [7, 11) is 0. The smallest absolute Gasteiger partial charge is 0.224 e. The van der Waals surface area contributed by atoms with Gasteiger partial charge < -0.3 is 10.5 Å². The molecule has 2 N–H and O–H groups in total. The standard InChI is InChI=1S/C14H17N3O/c1-14(2,3)10-6-4-5-7-11(10)18-12-8-9-16-13(15)17-12/h4-9H,1-3H3,(H2,15,16,17). The summed E-state index contributed by atoms with van der Waals surface area (Å²) in [6.07, 6.45) is 1.58. The summed E-state index contributed by atoms with van der Waals surface area (Å²) in [6.45, 7) is 6.43. The summed E-state index contributed by atoms with van der Waals surface area (Å²) in [5, 5.41) is 0. The molecule has 2 rings (SSSR count). The minimum atomic E-state index is 0.00910. The fourth-order valence-corrected chi connectivity index (χ4v) is 1.70. The summed E-state index contributed by atoms with van der Waals surface area (Å²) in [6, 6.07) is 9.62. The van der Waals surface area contributed by atoms with Gasteiger partial charge in [-0.2, -0.15) is 4.98 Å². The number of nitrogen functional groups attached to an aromatic ring is 1. The minimum Gasteiger partial charge on any atom is -0.439 e. The van der Waals surface area contributed by atoms with Gasteiger partial charge in [-0.3, -0.25) is 0 Å². The molecule has 4 heteroatoms. The molecule has 0 radical (unpaired) electrons. The normalized spacial score (nSPS) is 11.3. The van der Waals surface area contributed by atoms with Crippen molar-refractivity contribution in [2.75, 3.05) is 5.73 Å². The highest BCUT2D eigenvalue weighted by molar-refractivity contribution is 5.40. The zero-order valence-corrected chi connectivity index (χ0v) is 10.8.